The fraction of sp³-hybridized carbons (Fsp3) is 0.320. The van der Waals surface area contributed by atoms with E-state index in [0.717, 1.165) is 24.5 Å². The van der Waals surface area contributed by atoms with Gasteiger partial charge < -0.3 is 16.0 Å². The van der Waals surface area contributed by atoms with Gasteiger partial charge in [-0.1, -0.05) is 20.8 Å². The maximum Gasteiger partial charge on any atom is 0.225 e. The third-order valence-electron chi connectivity index (χ3n) is 6.70. The van der Waals surface area contributed by atoms with E-state index in [9.17, 15) is 4.39 Å². The number of nitrogens with two attached hydrogens (primary N) is 1. The summed E-state index contributed by atoms with van der Waals surface area (Å²) in [4.78, 5) is 19.5. The average Bonchev–Trinajstić information content (AvgIpc) is 3.32. The van der Waals surface area contributed by atoms with Gasteiger partial charge in [-0.25, -0.2) is 24.0 Å². The van der Waals surface area contributed by atoms with E-state index in [0.29, 0.717) is 34.6 Å². The van der Waals surface area contributed by atoms with Gasteiger partial charge in [0, 0.05) is 49.3 Å². The minimum absolute atomic E-state index is 0.0945. The van der Waals surface area contributed by atoms with Crippen molar-refractivity contribution in [2.45, 2.75) is 20.8 Å². The molecule has 3 N–H and O–H groups in total. The van der Waals surface area contributed by atoms with Gasteiger partial charge in [-0.05, 0) is 47.7 Å². The van der Waals surface area contributed by atoms with Crippen LogP contribution in [0.4, 0.5) is 27.8 Å². The topological polar surface area (TPSA) is 111 Å². The maximum atomic E-state index is 14.8. The van der Waals surface area contributed by atoms with Crippen LogP contribution in [0.25, 0.3) is 22.6 Å². The molecule has 1 aliphatic rings. The second-order valence-corrected chi connectivity index (χ2v) is 9.68. The number of nitrogen functional groups attached to an aromatic ring is 1. The number of halogens is 1. The van der Waals surface area contributed by atoms with E-state index < -0.39 is 5.82 Å². The molecule has 1 unspecified atom stereocenters. The molecule has 0 radical (unpaired) electrons. The highest BCUT2D eigenvalue weighted by molar-refractivity contribution is 5.66. The summed E-state index contributed by atoms with van der Waals surface area (Å²) in [7, 11) is 1.78. The van der Waals surface area contributed by atoms with E-state index in [4.69, 9.17) is 5.73 Å². The summed E-state index contributed by atoms with van der Waals surface area (Å²) in [5.41, 5.74) is 7.99. The Balaban J connectivity index is 1.32. The van der Waals surface area contributed by atoms with Gasteiger partial charge in [-0.15, -0.1) is 5.10 Å². The first-order valence-electron chi connectivity index (χ1n) is 11.5. The Morgan fingerprint density at radius 2 is 1.94 bits per heavy atom. The van der Waals surface area contributed by atoms with Crippen molar-refractivity contribution in [3.05, 3.63) is 54.6 Å². The van der Waals surface area contributed by atoms with Crippen molar-refractivity contribution in [2.24, 2.45) is 18.4 Å². The van der Waals surface area contributed by atoms with Crippen LogP contribution in [-0.4, -0.2) is 42.8 Å². The third-order valence-corrected chi connectivity index (χ3v) is 6.70. The van der Waals surface area contributed by atoms with Crippen LogP contribution in [0, 0.1) is 17.2 Å². The van der Waals surface area contributed by atoms with Crippen LogP contribution in [0.3, 0.4) is 0 Å². The Morgan fingerprint density at radius 3 is 2.60 bits per heavy atom. The van der Waals surface area contributed by atoms with Crippen molar-refractivity contribution in [1.29, 1.82) is 0 Å². The zero-order valence-electron chi connectivity index (χ0n) is 20.2. The average molecular weight is 474 g/mol. The summed E-state index contributed by atoms with van der Waals surface area (Å²) in [6.07, 6.45) is 3.30. The smallest absolute Gasteiger partial charge is 0.225 e. The molecule has 1 aromatic carbocycles. The van der Waals surface area contributed by atoms with Crippen molar-refractivity contribution in [3.8, 4) is 22.6 Å². The van der Waals surface area contributed by atoms with Gasteiger partial charge in [0.1, 0.15) is 11.6 Å². The summed E-state index contributed by atoms with van der Waals surface area (Å²) >= 11 is 0. The Kier molecular flexibility index (Phi) is 5.58. The molecule has 35 heavy (non-hydrogen) atoms. The Labute approximate surface area is 203 Å². The van der Waals surface area contributed by atoms with E-state index >= 15 is 0 Å². The summed E-state index contributed by atoms with van der Waals surface area (Å²) in [6.45, 7) is 8.85. The number of hydrogen-bond donors (Lipinski definition) is 2. The Bertz CT molecular complexity index is 1360. The second-order valence-electron chi connectivity index (χ2n) is 9.68. The highest BCUT2D eigenvalue weighted by atomic mass is 19.1. The molecule has 0 bridgehead atoms. The number of aryl methyl sites for hydroxylation is 1. The van der Waals surface area contributed by atoms with E-state index in [1.807, 2.05) is 12.1 Å². The molecular formula is C25H28FN9. The fourth-order valence-electron chi connectivity index (χ4n) is 4.24. The van der Waals surface area contributed by atoms with E-state index in [1.54, 1.807) is 36.1 Å². The van der Waals surface area contributed by atoms with E-state index in [2.05, 4.69) is 56.0 Å². The van der Waals surface area contributed by atoms with Crippen LogP contribution < -0.4 is 16.0 Å². The molecule has 0 aliphatic carbocycles. The molecule has 1 atom stereocenters. The fourth-order valence-corrected chi connectivity index (χ4v) is 4.24. The summed E-state index contributed by atoms with van der Waals surface area (Å²) in [5.74, 6) is 2.25. The Morgan fingerprint density at radius 1 is 1.11 bits per heavy atom. The van der Waals surface area contributed by atoms with Gasteiger partial charge in [0.15, 0.2) is 5.82 Å². The van der Waals surface area contributed by atoms with Crippen molar-refractivity contribution in [2.75, 3.05) is 29.0 Å². The summed E-state index contributed by atoms with van der Waals surface area (Å²) < 4.78 is 16.4. The van der Waals surface area contributed by atoms with Crippen LogP contribution in [-0.2, 0) is 7.05 Å². The minimum Gasteiger partial charge on any atom is -0.368 e. The summed E-state index contributed by atoms with van der Waals surface area (Å²) in [5, 5.41) is 7.63. The van der Waals surface area contributed by atoms with Gasteiger partial charge in [0.2, 0.25) is 11.9 Å². The van der Waals surface area contributed by atoms with Gasteiger partial charge in [0.05, 0.1) is 5.69 Å². The van der Waals surface area contributed by atoms with Crippen LogP contribution in [0.5, 0.6) is 0 Å². The molecule has 180 valence electrons. The maximum absolute atomic E-state index is 14.8. The number of anilines is 4. The predicted octanol–water partition coefficient (Wildman–Crippen LogP) is 4.28. The van der Waals surface area contributed by atoms with Crippen molar-refractivity contribution in [3.63, 3.8) is 0 Å². The lowest BCUT2D eigenvalue weighted by atomic mass is 9.84. The molecule has 0 amide bonds. The minimum atomic E-state index is -0.435. The van der Waals surface area contributed by atoms with E-state index in [1.165, 1.54) is 12.3 Å². The van der Waals surface area contributed by atoms with Crippen molar-refractivity contribution >= 4 is 23.4 Å². The monoisotopic (exact) mass is 473 g/mol. The van der Waals surface area contributed by atoms with E-state index in [-0.39, 0.29) is 11.4 Å². The number of benzene rings is 1. The molecule has 0 spiro atoms. The zero-order valence-corrected chi connectivity index (χ0v) is 20.2. The quantitative estimate of drug-likeness (QED) is 0.442. The third kappa shape index (κ3) is 4.51. The highest BCUT2D eigenvalue weighted by Gasteiger charge is 2.36. The first-order valence-corrected chi connectivity index (χ1v) is 11.5. The standard InChI is InChI=1S/C25H28FN9/c1-15-13-35(14-25(15,2)3)21-8-5-16(12-29-21)22-32-24(34(4)33-22)30-17-6-7-18(19(26)11-17)20-9-10-28-23(27)31-20/h5-12,15H,13-14H2,1-4H3,(H2,27,28,31)(H,30,32,33). The van der Waals surface area contributed by atoms with Crippen molar-refractivity contribution < 1.29 is 4.39 Å². The number of nitrogens with one attached hydrogen (secondary N) is 1. The van der Waals surface area contributed by atoms with Crippen LogP contribution in [0.15, 0.2) is 48.8 Å². The molecule has 5 rings (SSSR count). The van der Waals surface area contributed by atoms with Crippen LogP contribution in [0.2, 0.25) is 0 Å². The van der Waals surface area contributed by atoms with Crippen molar-refractivity contribution in [1.82, 2.24) is 29.7 Å². The van der Waals surface area contributed by atoms with Gasteiger partial charge in [-0.3, -0.25) is 0 Å². The molecule has 1 aliphatic heterocycles. The van der Waals surface area contributed by atoms with Gasteiger partial charge in [-0.2, -0.15) is 4.98 Å². The SMILES string of the molecule is CC1CN(c2ccc(-c3nc(Nc4ccc(-c5ccnc(N)n5)c(F)c4)n(C)n3)cn2)CC1(C)C. The molecule has 9 nitrogen and oxygen atoms in total. The number of pyridine rings is 1. The number of aromatic nitrogens is 6. The normalized spacial score (nSPS) is 17.1. The molecule has 0 saturated carbocycles. The molecule has 4 heterocycles. The van der Waals surface area contributed by atoms with Crippen LogP contribution >= 0.6 is 0 Å². The lowest BCUT2D eigenvalue weighted by Crippen LogP contribution is -2.23. The molecule has 10 heteroatoms. The number of nitrogens with zero attached hydrogens (tertiary/aromatic N) is 7. The highest BCUT2D eigenvalue weighted by Crippen LogP contribution is 2.36. The molecule has 3 aromatic heterocycles. The largest absolute Gasteiger partial charge is 0.368 e. The van der Waals surface area contributed by atoms with Gasteiger partial charge >= 0.3 is 0 Å². The first kappa shape index (κ1) is 22.7. The van der Waals surface area contributed by atoms with Gasteiger partial charge in [0.25, 0.3) is 0 Å². The van der Waals surface area contributed by atoms with Crippen LogP contribution in [0.1, 0.15) is 20.8 Å². The predicted molar refractivity (Wildman–Crippen MR) is 135 cm³/mol. The Hall–Kier alpha value is -4.08. The lowest BCUT2D eigenvalue weighted by molar-refractivity contribution is 0.312. The molecule has 1 fully saturated rings. The molecule has 4 aromatic rings. The number of rotatable bonds is 5. The first-order chi connectivity index (χ1) is 16.7. The summed E-state index contributed by atoms with van der Waals surface area (Å²) in [6, 6.07) is 10.4. The zero-order chi connectivity index (χ0) is 24.7. The molecule has 1 saturated heterocycles. The number of hydrogen-bond acceptors (Lipinski definition) is 8. The molecular weight excluding hydrogens is 445 g/mol. The lowest BCUT2D eigenvalue weighted by Gasteiger charge is -2.22. The second kappa shape index (κ2) is 8.61.